The normalized spacial score (nSPS) is 30.1. The molecule has 0 saturated heterocycles. The van der Waals surface area contributed by atoms with Crippen LogP contribution >= 0.6 is 0 Å². The minimum Gasteiger partial charge on any atom is -0.370 e. The van der Waals surface area contributed by atoms with Crippen molar-refractivity contribution in [3.05, 3.63) is 0 Å². The molecule has 0 unspecified atom stereocenters. The van der Waals surface area contributed by atoms with E-state index in [1.807, 2.05) is 20.8 Å². The summed E-state index contributed by atoms with van der Waals surface area (Å²) in [5.41, 5.74) is -1.05. The van der Waals surface area contributed by atoms with Crippen LogP contribution in [-0.2, 0) is 14.3 Å². The minimum absolute atomic E-state index is 0.117. The Hall–Kier alpha value is -0.700. The average Bonchev–Trinajstić information content (AvgIpc) is 2.26. The summed E-state index contributed by atoms with van der Waals surface area (Å²) in [7, 11) is 1.61. The third kappa shape index (κ3) is 2.95. The molecule has 1 aliphatic rings. The molecule has 17 heavy (non-hydrogen) atoms. The first kappa shape index (κ1) is 14.4. The highest BCUT2D eigenvalue weighted by Gasteiger charge is 2.46. The fourth-order valence-corrected chi connectivity index (χ4v) is 2.70. The van der Waals surface area contributed by atoms with Crippen LogP contribution in [0.1, 0.15) is 53.4 Å². The Kier molecular flexibility index (Phi) is 4.13. The van der Waals surface area contributed by atoms with E-state index in [0.717, 1.165) is 12.8 Å². The van der Waals surface area contributed by atoms with E-state index in [9.17, 15) is 9.59 Å². The zero-order valence-corrected chi connectivity index (χ0v) is 11.6. The minimum atomic E-state index is -0.662. The van der Waals surface area contributed by atoms with Gasteiger partial charge in [-0.05, 0) is 32.6 Å². The van der Waals surface area contributed by atoms with Crippen molar-refractivity contribution in [2.24, 2.45) is 11.3 Å². The second-order valence-electron chi connectivity index (χ2n) is 6.16. The monoisotopic (exact) mass is 240 g/mol. The lowest BCUT2D eigenvalue weighted by atomic mass is 9.69. The van der Waals surface area contributed by atoms with Crippen molar-refractivity contribution in [3.63, 3.8) is 0 Å². The Morgan fingerprint density at radius 1 is 1.18 bits per heavy atom. The number of hydrogen-bond donors (Lipinski definition) is 0. The summed E-state index contributed by atoms with van der Waals surface area (Å²) < 4.78 is 5.53. The lowest BCUT2D eigenvalue weighted by Gasteiger charge is -2.40. The predicted octanol–water partition coefficient (Wildman–Crippen LogP) is 2.77. The molecule has 0 atom stereocenters. The Balaban J connectivity index is 2.81. The van der Waals surface area contributed by atoms with Crippen molar-refractivity contribution in [1.29, 1.82) is 0 Å². The summed E-state index contributed by atoms with van der Waals surface area (Å²) in [6, 6.07) is 0. The lowest BCUT2D eigenvalue weighted by Crippen LogP contribution is -2.49. The molecule has 1 aliphatic carbocycles. The van der Waals surface area contributed by atoms with E-state index < -0.39 is 5.60 Å². The maximum Gasteiger partial charge on any atom is 0.169 e. The van der Waals surface area contributed by atoms with E-state index in [1.54, 1.807) is 14.0 Å². The number of carbonyl (C=O) groups is 2. The quantitative estimate of drug-likeness (QED) is 0.762. The molecule has 3 nitrogen and oxygen atoms in total. The first-order valence-corrected chi connectivity index (χ1v) is 6.33. The summed E-state index contributed by atoms with van der Waals surface area (Å²) in [4.78, 5) is 23.8. The number of ketones is 2. The Labute approximate surface area is 104 Å². The van der Waals surface area contributed by atoms with Gasteiger partial charge in [-0.3, -0.25) is 9.59 Å². The smallest absolute Gasteiger partial charge is 0.169 e. The number of methoxy groups -OCH3 is 1. The third-order valence-electron chi connectivity index (χ3n) is 3.85. The zero-order valence-electron chi connectivity index (χ0n) is 11.6. The third-order valence-corrected chi connectivity index (χ3v) is 3.85. The van der Waals surface area contributed by atoms with Crippen molar-refractivity contribution in [2.45, 2.75) is 59.0 Å². The SMILES string of the molecule is CO[C@]1(C(=O)C(C)(C)C)CC[C@H](C(C)=O)CC1. The van der Waals surface area contributed by atoms with Crippen LogP contribution in [0.5, 0.6) is 0 Å². The van der Waals surface area contributed by atoms with E-state index >= 15 is 0 Å². The van der Waals surface area contributed by atoms with E-state index in [-0.39, 0.29) is 22.9 Å². The summed E-state index contributed by atoms with van der Waals surface area (Å²) in [5.74, 6) is 0.512. The molecule has 0 aromatic carbocycles. The molecule has 3 heteroatoms. The number of carbonyl (C=O) groups excluding carboxylic acids is 2. The van der Waals surface area contributed by atoms with Gasteiger partial charge in [-0.25, -0.2) is 0 Å². The number of rotatable bonds is 3. The summed E-state index contributed by atoms with van der Waals surface area (Å²) in [6.07, 6.45) is 2.88. The molecule has 0 heterocycles. The van der Waals surface area contributed by atoms with Crippen LogP contribution in [0, 0.1) is 11.3 Å². The highest BCUT2D eigenvalue weighted by Crippen LogP contribution is 2.39. The first-order valence-electron chi connectivity index (χ1n) is 6.33. The number of Topliss-reactive ketones (excluding diaryl/α,β-unsaturated/α-hetero) is 2. The molecule has 0 aliphatic heterocycles. The molecule has 0 bridgehead atoms. The summed E-state index contributed by atoms with van der Waals surface area (Å²) in [5, 5.41) is 0. The first-order chi connectivity index (χ1) is 7.73. The number of hydrogen-bond acceptors (Lipinski definition) is 3. The molecule has 0 N–H and O–H groups in total. The van der Waals surface area contributed by atoms with Crippen LogP contribution in [0.2, 0.25) is 0 Å². The molecule has 0 amide bonds. The zero-order chi connectivity index (χ0) is 13.3. The van der Waals surface area contributed by atoms with E-state index in [1.165, 1.54) is 0 Å². The molecule has 98 valence electrons. The van der Waals surface area contributed by atoms with Crippen molar-refractivity contribution >= 4 is 11.6 Å². The van der Waals surface area contributed by atoms with Crippen molar-refractivity contribution in [3.8, 4) is 0 Å². The van der Waals surface area contributed by atoms with Gasteiger partial charge in [0, 0.05) is 18.4 Å². The van der Waals surface area contributed by atoms with Crippen LogP contribution in [0.25, 0.3) is 0 Å². The Morgan fingerprint density at radius 3 is 1.94 bits per heavy atom. The molecule has 0 spiro atoms. The van der Waals surface area contributed by atoms with Crippen LogP contribution < -0.4 is 0 Å². The van der Waals surface area contributed by atoms with Gasteiger partial charge in [0.25, 0.3) is 0 Å². The second kappa shape index (κ2) is 4.89. The van der Waals surface area contributed by atoms with Crippen LogP contribution in [-0.4, -0.2) is 24.3 Å². The second-order valence-corrected chi connectivity index (χ2v) is 6.16. The molecular formula is C14H24O3. The van der Waals surface area contributed by atoms with Gasteiger partial charge in [-0.1, -0.05) is 20.8 Å². The summed E-state index contributed by atoms with van der Waals surface area (Å²) >= 11 is 0. The van der Waals surface area contributed by atoms with E-state index in [0.29, 0.717) is 12.8 Å². The Bertz CT molecular complexity index is 304. The van der Waals surface area contributed by atoms with Gasteiger partial charge < -0.3 is 4.74 Å². The maximum absolute atomic E-state index is 12.4. The lowest BCUT2D eigenvalue weighted by molar-refractivity contribution is -0.155. The molecule has 0 aromatic heterocycles. The topological polar surface area (TPSA) is 43.4 Å². The van der Waals surface area contributed by atoms with Crippen LogP contribution in [0.15, 0.2) is 0 Å². The van der Waals surface area contributed by atoms with Gasteiger partial charge in [0.15, 0.2) is 5.78 Å². The highest BCUT2D eigenvalue weighted by atomic mass is 16.5. The molecular weight excluding hydrogens is 216 g/mol. The molecule has 1 rings (SSSR count). The van der Waals surface area contributed by atoms with Gasteiger partial charge in [0.05, 0.1) is 0 Å². The van der Waals surface area contributed by atoms with Crippen molar-refractivity contribution < 1.29 is 14.3 Å². The van der Waals surface area contributed by atoms with Gasteiger partial charge in [-0.15, -0.1) is 0 Å². The predicted molar refractivity (Wildman–Crippen MR) is 66.8 cm³/mol. The van der Waals surface area contributed by atoms with Gasteiger partial charge in [0.1, 0.15) is 11.4 Å². The van der Waals surface area contributed by atoms with Gasteiger partial charge in [0.2, 0.25) is 0 Å². The molecule has 1 fully saturated rings. The highest BCUT2D eigenvalue weighted by molar-refractivity contribution is 5.92. The molecule has 1 saturated carbocycles. The largest absolute Gasteiger partial charge is 0.370 e. The van der Waals surface area contributed by atoms with Crippen LogP contribution in [0.4, 0.5) is 0 Å². The van der Waals surface area contributed by atoms with Crippen molar-refractivity contribution in [1.82, 2.24) is 0 Å². The molecule has 0 aromatic rings. The summed E-state index contributed by atoms with van der Waals surface area (Å²) in [6.45, 7) is 7.41. The fraction of sp³-hybridized carbons (Fsp3) is 0.857. The standard InChI is InChI=1S/C14H24O3/c1-10(15)11-6-8-14(17-5,9-7-11)12(16)13(2,3)4/h11H,6-9H2,1-5H3/t11-,14+. The number of ether oxygens (including phenoxy) is 1. The maximum atomic E-state index is 12.4. The molecule has 0 radical (unpaired) electrons. The average molecular weight is 240 g/mol. The van der Waals surface area contributed by atoms with Gasteiger partial charge >= 0.3 is 0 Å². The Morgan fingerprint density at radius 2 is 1.65 bits per heavy atom. The van der Waals surface area contributed by atoms with Crippen molar-refractivity contribution in [2.75, 3.05) is 7.11 Å². The van der Waals surface area contributed by atoms with E-state index in [2.05, 4.69) is 0 Å². The van der Waals surface area contributed by atoms with Crippen LogP contribution in [0.3, 0.4) is 0 Å². The van der Waals surface area contributed by atoms with Gasteiger partial charge in [-0.2, -0.15) is 0 Å². The fourth-order valence-electron chi connectivity index (χ4n) is 2.70. The van der Waals surface area contributed by atoms with E-state index in [4.69, 9.17) is 4.74 Å².